The molecule has 1 atom stereocenters. The number of rotatable bonds is 2. The highest BCUT2D eigenvalue weighted by Crippen LogP contribution is 2.33. The van der Waals surface area contributed by atoms with Gasteiger partial charge in [0, 0.05) is 10.4 Å². The van der Waals surface area contributed by atoms with Crippen molar-refractivity contribution in [2.45, 2.75) is 13.0 Å². The summed E-state index contributed by atoms with van der Waals surface area (Å²) in [7, 11) is 0. The van der Waals surface area contributed by atoms with Gasteiger partial charge in [-0.2, -0.15) is 0 Å². The number of fused-ring (bicyclic) bond motifs is 1. The molecule has 0 aliphatic heterocycles. The summed E-state index contributed by atoms with van der Waals surface area (Å²) in [4.78, 5) is 0. The van der Waals surface area contributed by atoms with Gasteiger partial charge in [-0.3, -0.25) is 0 Å². The van der Waals surface area contributed by atoms with Crippen LogP contribution in [0, 0.1) is 12.7 Å². The van der Waals surface area contributed by atoms with E-state index in [0.29, 0.717) is 10.6 Å². The maximum atomic E-state index is 13.2. The summed E-state index contributed by atoms with van der Waals surface area (Å²) in [5.41, 5.74) is 2.19. The Hall–Kier alpha value is -1.90. The summed E-state index contributed by atoms with van der Waals surface area (Å²) in [6, 6.07) is 15.7. The highest BCUT2D eigenvalue weighted by Gasteiger charge is 2.16. The molecule has 1 unspecified atom stereocenters. The van der Waals surface area contributed by atoms with Crippen LogP contribution in [-0.2, 0) is 0 Å². The van der Waals surface area contributed by atoms with Crippen LogP contribution >= 0.6 is 11.6 Å². The van der Waals surface area contributed by atoms with Gasteiger partial charge in [-0.1, -0.05) is 48.0 Å². The van der Waals surface area contributed by atoms with Crippen LogP contribution in [0.25, 0.3) is 10.8 Å². The van der Waals surface area contributed by atoms with Gasteiger partial charge in [0.05, 0.1) is 0 Å². The molecule has 3 aromatic rings. The second-order valence-electron chi connectivity index (χ2n) is 5.09. The predicted molar refractivity (Wildman–Crippen MR) is 84.2 cm³/mol. The van der Waals surface area contributed by atoms with Gasteiger partial charge in [0.15, 0.2) is 0 Å². The molecule has 21 heavy (non-hydrogen) atoms. The Kier molecular flexibility index (Phi) is 3.66. The molecular formula is C18H14ClFO. The Morgan fingerprint density at radius 2 is 1.62 bits per heavy atom. The highest BCUT2D eigenvalue weighted by molar-refractivity contribution is 6.35. The lowest BCUT2D eigenvalue weighted by molar-refractivity contribution is 0.221. The van der Waals surface area contributed by atoms with E-state index in [2.05, 4.69) is 0 Å². The molecule has 0 aliphatic rings. The van der Waals surface area contributed by atoms with Crippen LogP contribution in [0.1, 0.15) is 22.8 Å². The maximum Gasteiger partial charge on any atom is 0.123 e. The van der Waals surface area contributed by atoms with Crippen LogP contribution in [0.5, 0.6) is 0 Å². The fourth-order valence-corrected chi connectivity index (χ4v) is 2.87. The molecule has 3 aromatic carbocycles. The minimum Gasteiger partial charge on any atom is -0.384 e. The van der Waals surface area contributed by atoms with Crippen molar-refractivity contribution >= 4 is 22.4 Å². The van der Waals surface area contributed by atoms with E-state index in [4.69, 9.17) is 11.6 Å². The van der Waals surface area contributed by atoms with Crippen LogP contribution in [0.2, 0.25) is 5.02 Å². The number of aliphatic hydroxyl groups excluding tert-OH is 1. The lowest BCUT2D eigenvalue weighted by Crippen LogP contribution is -2.03. The molecule has 0 saturated carbocycles. The molecular weight excluding hydrogens is 287 g/mol. The summed E-state index contributed by atoms with van der Waals surface area (Å²) in [5, 5.41) is 13.1. The smallest absolute Gasteiger partial charge is 0.123 e. The number of aryl methyl sites for hydroxylation is 1. The van der Waals surface area contributed by atoms with E-state index >= 15 is 0 Å². The zero-order chi connectivity index (χ0) is 15.0. The zero-order valence-corrected chi connectivity index (χ0v) is 12.2. The summed E-state index contributed by atoms with van der Waals surface area (Å²) in [6.45, 7) is 1.79. The molecule has 0 heterocycles. The van der Waals surface area contributed by atoms with Crippen molar-refractivity contribution in [2.24, 2.45) is 0 Å². The Bertz CT molecular complexity index is 813. The number of halogens is 2. The molecule has 0 radical (unpaired) electrons. The van der Waals surface area contributed by atoms with Gasteiger partial charge in [-0.15, -0.1) is 0 Å². The Labute approximate surface area is 127 Å². The topological polar surface area (TPSA) is 20.2 Å². The second kappa shape index (κ2) is 5.47. The van der Waals surface area contributed by atoms with Crippen LogP contribution in [-0.4, -0.2) is 5.11 Å². The van der Waals surface area contributed by atoms with E-state index in [1.165, 1.54) is 12.1 Å². The molecule has 0 aromatic heterocycles. The van der Waals surface area contributed by atoms with Crippen molar-refractivity contribution < 1.29 is 9.50 Å². The van der Waals surface area contributed by atoms with Crippen LogP contribution in [0.15, 0.2) is 54.6 Å². The highest BCUT2D eigenvalue weighted by atomic mass is 35.5. The average molecular weight is 301 g/mol. The van der Waals surface area contributed by atoms with E-state index in [1.54, 1.807) is 19.1 Å². The minimum absolute atomic E-state index is 0.301. The van der Waals surface area contributed by atoms with E-state index in [1.807, 2.05) is 30.3 Å². The molecule has 0 amide bonds. The van der Waals surface area contributed by atoms with Crippen LogP contribution in [0.3, 0.4) is 0 Å². The third-order valence-corrected chi connectivity index (χ3v) is 4.06. The molecule has 0 saturated heterocycles. The summed E-state index contributed by atoms with van der Waals surface area (Å²) >= 11 is 6.20. The van der Waals surface area contributed by atoms with Crippen molar-refractivity contribution in [3.8, 4) is 0 Å². The van der Waals surface area contributed by atoms with Gasteiger partial charge >= 0.3 is 0 Å². The number of hydrogen-bond acceptors (Lipinski definition) is 1. The van der Waals surface area contributed by atoms with Gasteiger partial charge in [-0.25, -0.2) is 4.39 Å². The zero-order valence-electron chi connectivity index (χ0n) is 11.5. The van der Waals surface area contributed by atoms with Crippen molar-refractivity contribution in [3.63, 3.8) is 0 Å². The molecule has 0 fully saturated rings. The van der Waals surface area contributed by atoms with Crippen molar-refractivity contribution in [1.82, 2.24) is 0 Å². The quantitative estimate of drug-likeness (QED) is 0.704. The van der Waals surface area contributed by atoms with Gasteiger partial charge in [0.1, 0.15) is 11.9 Å². The molecule has 3 heteroatoms. The standard InChI is InChI=1S/C18H14ClFO/c1-11-10-12(20)6-7-13(11)18(21)16-8-9-17(19)15-5-3-2-4-14(15)16/h2-10,18,21H,1H3. The first-order valence-electron chi connectivity index (χ1n) is 6.69. The number of aliphatic hydroxyl groups is 1. The normalized spacial score (nSPS) is 12.6. The third kappa shape index (κ3) is 2.53. The first kappa shape index (κ1) is 14.1. The minimum atomic E-state index is -0.812. The van der Waals surface area contributed by atoms with Crippen molar-refractivity contribution in [1.29, 1.82) is 0 Å². The molecule has 0 aliphatic carbocycles. The summed E-state index contributed by atoms with van der Waals surface area (Å²) < 4.78 is 13.2. The molecule has 1 N–H and O–H groups in total. The van der Waals surface area contributed by atoms with Gasteiger partial charge in [-0.05, 0) is 47.2 Å². The average Bonchev–Trinajstić information content (AvgIpc) is 2.47. The van der Waals surface area contributed by atoms with E-state index in [-0.39, 0.29) is 5.82 Å². The largest absolute Gasteiger partial charge is 0.384 e. The fourth-order valence-electron chi connectivity index (χ4n) is 2.64. The van der Waals surface area contributed by atoms with Gasteiger partial charge in [0.25, 0.3) is 0 Å². The number of hydrogen-bond donors (Lipinski definition) is 1. The van der Waals surface area contributed by atoms with E-state index in [9.17, 15) is 9.50 Å². The van der Waals surface area contributed by atoms with Crippen LogP contribution in [0.4, 0.5) is 4.39 Å². The maximum absolute atomic E-state index is 13.2. The number of benzene rings is 3. The molecule has 1 nitrogen and oxygen atoms in total. The first-order valence-corrected chi connectivity index (χ1v) is 7.07. The predicted octanol–water partition coefficient (Wildman–Crippen LogP) is 5.02. The van der Waals surface area contributed by atoms with Crippen molar-refractivity contribution in [3.05, 3.63) is 82.1 Å². The van der Waals surface area contributed by atoms with Gasteiger partial charge < -0.3 is 5.11 Å². The Morgan fingerprint density at radius 1 is 0.952 bits per heavy atom. The molecule has 0 spiro atoms. The molecule has 3 rings (SSSR count). The second-order valence-corrected chi connectivity index (χ2v) is 5.49. The van der Waals surface area contributed by atoms with E-state index < -0.39 is 6.10 Å². The lowest BCUT2D eigenvalue weighted by Gasteiger charge is -2.17. The monoisotopic (exact) mass is 300 g/mol. The first-order chi connectivity index (χ1) is 10.1. The summed E-state index contributed by atoms with van der Waals surface area (Å²) in [6.07, 6.45) is -0.812. The molecule has 106 valence electrons. The Balaban J connectivity index is 2.18. The van der Waals surface area contributed by atoms with Crippen molar-refractivity contribution in [2.75, 3.05) is 0 Å². The van der Waals surface area contributed by atoms with Crippen LogP contribution < -0.4 is 0 Å². The SMILES string of the molecule is Cc1cc(F)ccc1C(O)c1ccc(Cl)c2ccccc12. The van der Waals surface area contributed by atoms with Gasteiger partial charge in [0.2, 0.25) is 0 Å². The fraction of sp³-hybridized carbons (Fsp3) is 0.111. The van der Waals surface area contributed by atoms with E-state index in [0.717, 1.165) is 21.9 Å². The third-order valence-electron chi connectivity index (χ3n) is 3.73. The summed E-state index contributed by atoms with van der Waals surface area (Å²) in [5.74, 6) is -0.301. The lowest BCUT2D eigenvalue weighted by atomic mass is 9.93. The molecule has 0 bridgehead atoms. The Morgan fingerprint density at radius 3 is 2.33 bits per heavy atom.